The highest BCUT2D eigenvalue weighted by Crippen LogP contribution is 2.42. The zero-order valence-electron chi connectivity index (χ0n) is 12.2. The van der Waals surface area contributed by atoms with Gasteiger partial charge in [-0.15, -0.1) is 0 Å². The van der Waals surface area contributed by atoms with Crippen LogP contribution in [0.1, 0.15) is 64.7 Å². The highest BCUT2D eigenvalue weighted by atomic mass is 79.9. The molecule has 4 atom stereocenters. The van der Waals surface area contributed by atoms with E-state index in [0.717, 1.165) is 42.8 Å². The summed E-state index contributed by atoms with van der Waals surface area (Å²) in [5, 5.41) is 4.24. The van der Waals surface area contributed by atoms with Gasteiger partial charge in [0.05, 0.1) is 0 Å². The summed E-state index contributed by atoms with van der Waals surface area (Å²) in [5.41, 5.74) is 0. The quantitative estimate of drug-likeness (QED) is 0.749. The number of alkyl halides is 1. The molecule has 0 aliphatic heterocycles. The maximum Gasteiger partial charge on any atom is 0.223 e. The highest BCUT2D eigenvalue weighted by Gasteiger charge is 2.35. The minimum Gasteiger partial charge on any atom is -0.353 e. The molecule has 2 nitrogen and oxygen atoms in total. The molecule has 0 aromatic carbocycles. The second kappa shape index (κ2) is 7.66. The Morgan fingerprint density at radius 3 is 2.63 bits per heavy atom. The fraction of sp³-hybridized carbons (Fsp3) is 0.938. The van der Waals surface area contributed by atoms with Gasteiger partial charge in [0.2, 0.25) is 5.91 Å². The number of hydrogen-bond acceptors (Lipinski definition) is 1. The fourth-order valence-electron chi connectivity index (χ4n) is 3.94. The van der Waals surface area contributed by atoms with Crippen LogP contribution in [0.4, 0.5) is 0 Å². The molecule has 0 heterocycles. The van der Waals surface area contributed by atoms with Crippen LogP contribution in [0.25, 0.3) is 0 Å². The largest absolute Gasteiger partial charge is 0.353 e. The Morgan fingerprint density at radius 2 is 1.95 bits per heavy atom. The molecular weight excluding hydrogens is 302 g/mol. The van der Waals surface area contributed by atoms with E-state index in [2.05, 4.69) is 28.2 Å². The molecule has 0 saturated heterocycles. The smallest absolute Gasteiger partial charge is 0.223 e. The lowest BCUT2D eigenvalue weighted by atomic mass is 9.67. The van der Waals surface area contributed by atoms with Gasteiger partial charge in [-0.05, 0) is 43.9 Å². The van der Waals surface area contributed by atoms with Crippen LogP contribution in [0.15, 0.2) is 0 Å². The Hall–Kier alpha value is -0.0500. The number of carbonyl (C=O) groups excluding carboxylic acids is 1. The molecule has 2 aliphatic rings. The lowest BCUT2D eigenvalue weighted by molar-refractivity contribution is -0.128. The molecule has 3 heteroatoms. The van der Waals surface area contributed by atoms with Crippen molar-refractivity contribution in [2.75, 3.05) is 5.33 Å². The Morgan fingerprint density at radius 1 is 1.21 bits per heavy atom. The number of fused-ring (bicyclic) bond motifs is 1. The van der Waals surface area contributed by atoms with Crippen LogP contribution in [0.5, 0.6) is 0 Å². The van der Waals surface area contributed by atoms with Gasteiger partial charge in [-0.2, -0.15) is 0 Å². The summed E-state index contributed by atoms with van der Waals surface area (Å²) < 4.78 is 0. The standard InChI is InChI=1S/C16H28BrNO/c1-2-15(9-10-17)18-16(19)14-8-7-12-5-3-4-6-13(12)11-14/h12-15H,2-11H2,1H3,(H,18,19). The van der Waals surface area contributed by atoms with Gasteiger partial charge in [0.1, 0.15) is 0 Å². The summed E-state index contributed by atoms with van der Waals surface area (Å²) in [6, 6.07) is 0.357. The van der Waals surface area contributed by atoms with Crippen LogP contribution in [-0.4, -0.2) is 17.3 Å². The van der Waals surface area contributed by atoms with E-state index in [1.807, 2.05) is 0 Å². The first-order valence-corrected chi connectivity index (χ1v) is 9.23. The van der Waals surface area contributed by atoms with Crippen molar-refractivity contribution in [3.8, 4) is 0 Å². The average molecular weight is 330 g/mol. The van der Waals surface area contributed by atoms with E-state index in [4.69, 9.17) is 0 Å². The maximum atomic E-state index is 12.4. The van der Waals surface area contributed by atoms with Gasteiger partial charge in [0.15, 0.2) is 0 Å². The zero-order valence-corrected chi connectivity index (χ0v) is 13.8. The van der Waals surface area contributed by atoms with E-state index in [1.165, 1.54) is 32.1 Å². The van der Waals surface area contributed by atoms with E-state index < -0.39 is 0 Å². The summed E-state index contributed by atoms with van der Waals surface area (Å²) in [5.74, 6) is 2.40. The van der Waals surface area contributed by atoms with Crippen molar-refractivity contribution < 1.29 is 4.79 Å². The molecule has 110 valence electrons. The van der Waals surface area contributed by atoms with Crippen molar-refractivity contribution in [1.29, 1.82) is 0 Å². The number of amides is 1. The molecule has 2 aliphatic carbocycles. The summed E-state index contributed by atoms with van der Waals surface area (Å²) in [6.45, 7) is 2.16. The van der Waals surface area contributed by atoms with Gasteiger partial charge in [-0.1, -0.05) is 48.5 Å². The molecule has 0 aromatic rings. The van der Waals surface area contributed by atoms with Gasteiger partial charge in [0, 0.05) is 17.3 Å². The molecule has 2 rings (SSSR count). The minimum atomic E-state index is 0.295. The van der Waals surface area contributed by atoms with Crippen LogP contribution in [0.2, 0.25) is 0 Å². The Balaban J connectivity index is 1.82. The van der Waals surface area contributed by atoms with Gasteiger partial charge < -0.3 is 5.32 Å². The third-order valence-electron chi connectivity index (χ3n) is 5.21. The maximum absolute atomic E-state index is 12.4. The summed E-state index contributed by atoms with van der Waals surface area (Å²) in [6.07, 6.45) is 11.2. The number of rotatable bonds is 5. The van der Waals surface area contributed by atoms with E-state index in [0.29, 0.717) is 17.9 Å². The molecule has 0 spiro atoms. The molecule has 2 saturated carbocycles. The third kappa shape index (κ3) is 4.21. The molecule has 4 unspecified atom stereocenters. The summed E-state index contributed by atoms with van der Waals surface area (Å²) >= 11 is 3.47. The Kier molecular flexibility index (Phi) is 6.18. The van der Waals surface area contributed by atoms with Crippen molar-refractivity contribution >= 4 is 21.8 Å². The Bertz CT molecular complexity index is 294. The lowest BCUT2D eigenvalue weighted by Gasteiger charge is -2.39. The highest BCUT2D eigenvalue weighted by molar-refractivity contribution is 9.09. The van der Waals surface area contributed by atoms with Crippen LogP contribution < -0.4 is 5.32 Å². The van der Waals surface area contributed by atoms with Gasteiger partial charge in [-0.25, -0.2) is 0 Å². The van der Waals surface area contributed by atoms with E-state index in [-0.39, 0.29) is 0 Å². The summed E-state index contributed by atoms with van der Waals surface area (Å²) in [4.78, 5) is 12.4. The number of hydrogen-bond donors (Lipinski definition) is 1. The molecule has 0 radical (unpaired) electrons. The van der Waals surface area contributed by atoms with Gasteiger partial charge in [-0.3, -0.25) is 4.79 Å². The van der Waals surface area contributed by atoms with Crippen molar-refractivity contribution in [3.05, 3.63) is 0 Å². The first kappa shape index (κ1) is 15.3. The lowest BCUT2D eigenvalue weighted by Crippen LogP contribution is -2.42. The zero-order chi connectivity index (χ0) is 13.7. The number of nitrogens with one attached hydrogen (secondary N) is 1. The monoisotopic (exact) mass is 329 g/mol. The van der Waals surface area contributed by atoms with Gasteiger partial charge >= 0.3 is 0 Å². The molecular formula is C16H28BrNO. The Labute approximate surface area is 126 Å². The first-order chi connectivity index (χ1) is 9.24. The second-order valence-corrected chi connectivity index (χ2v) is 7.20. The molecule has 0 aromatic heterocycles. The molecule has 1 N–H and O–H groups in total. The van der Waals surface area contributed by atoms with Crippen molar-refractivity contribution in [2.24, 2.45) is 17.8 Å². The predicted octanol–water partition coefficient (Wildman–Crippen LogP) is 4.27. The van der Waals surface area contributed by atoms with E-state index in [9.17, 15) is 4.79 Å². The fourth-order valence-corrected chi connectivity index (χ4v) is 4.49. The topological polar surface area (TPSA) is 29.1 Å². The summed E-state index contributed by atoms with van der Waals surface area (Å²) in [7, 11) is 0. The third-order valence-corrected chi connectivity index (χ3v) is 5.67. The number of halogens is 1. The van der Waals surface area contributed by atoms with Crippen LogP contribution in [0.3, 0.4) is 0 Å². The van der Waals surface area contributed by atoms with E-state index in [1.54, 1.807) is 0 Å². The van der Waals surface area contributed by atoms with Crippen molar-refractivity contribution in [2.45, 2.75) is 70.8 Å². The van der Waals surface area contributed by atoms with Crippen molar-refractivity contribution in [1.82, 2.24) is 5.32 Å². The van der Waals surface area contributed by atoms with Crippen molar-refractivity contribution in [3.63, 3.8) is 0 Å². The minimum absolute atomic E-state index is 0.295. The first-order valence-electron chi connectivity index (χ1n) is 8.11. The van der Waals surface area contributed by atoms with E-state index >= 15 is 0 Å². The normalized spacial score (nSPS) is 32.4. The van der Waals surface area contributed by atoms with Crippen LogP contribution in [-0.2, 0) is 4.79 Å². The predicted molar refractivity (Wildman–Crippen MR) is 83.4 cm³/mol. The number of carbonyl (C=O) groups is 1. The van der Waals surface area contributed by atoms with Crippen LogP contribution >= 0.6 is 15.9 Å². The molecule has 0 bridgehead atoms. The molecule has 2 fully saturated rings. The molecule has 19 heavy (non-hydrogen) atoms. The molecule has 1 amide bonds. The van der Waals surface area contributed by atoms with Gasteiger partial charge in [0.25, 0.3) is 0 Å². The van der Waals surface area contributed by atoms with Crippen LogP contribution in [0, 0.1) is 17.8 Å². The average Bonchev–Trinajstić information content (AvgIpc) is 2.46. The SMILES string of the molecule is CCC(CCBr)NC(=O)C1CCC2CCCCC2C1. The second-order valence-electron chi connectivity index (χ2n) is 6.41.